The number of fused-ring (bicyclic) bond motifs is 1. The van der Waals surface area contributed by atoms with Crippen LogP contribution in [0.4, 0.5) is 5.69 Å². The van der Waals surface area contributed by atoms with E-state index in [1.54, 1.807) is 18.2 Å². The van der Waals surface area contributed by atoms with E-state index in [9.17, 15) is 13.6 Å². The van der Waals surface area contributed by atoms with Gasteiger partial charge in [0.15, 0.2) is 0 Å². The van der Waals surface area contributed by atoms with E-state index < -0.39 is 10.0 Å². The molecule has 0 unspecified atom stereocenters. The van der Waals surface area contributed by atoms with Crippen molar-refractivity contribution in [3.05, 3.63) is 41.6 Å². The molecule has 0 amide bonds. The first-order valence-corrected chi connectivity index (χ1v) is 9.56. The van der Waals surface area contributed by atoms with Crippen molar-refractivity contribution in [2.75, 3.05) is 45.2 Å². The number of piperazine rings is 1. The molecule has 0 radical (unpaired) electrons. The van der Waals surface area contributed by atoms with Crippen molar-refractivity contribution < 1.29 is 48.2 Å². The Morgan fingerprint density at radius 3 is 2.26 bits per heavy atom. The van der Waals surface area contributed by atoms with Gasteiger partial charge in [-0.15, -0.1) is 5.01 Å². The van der Waals surface area contributed by atoms with Gasteiger partial charge >= 0.3 is 29.6 Å². The van der Waals surface area contributed by atoms with E-state index in [0.717, 1.165) is 11.1 Å². The maximum atomic E-state index is 13.2. The minimum Gasteiger partial charge on any atom is -0.569 e. The van der Waals surface area contributed by atoms with E-state index in [-0.39, 0.29) is 65.6 Å². The number of nitrogens with zero attached hydrogens (tertiary/aromatic N) is 5. The average molecular weight is 402 g/mol. The Kier molecular flexibility index (Phi) is 6.92. The van der Waals surface area contributed by atoms with Crippen molar-refractivity contribution in [1.82, 2.24) is 9.31 Å². The molecular weight excluding hydrogens is 381 g/mol. The molecule has 11 heteroatoms. The molecule has 0 saturated carbocycles. The van der Waals surface area contributed by atoms with Crippen LogP contribution in [-0.4, -0.2) is 68.2 Å². The van der Waals surface area contributed by atoms with Gasteiger partial charge in [0.25, 0.3) is 0 Å². The summed E-state index contributed by atoms with van der Waals surface area (Å²) in [4.78, 5) is 2.27. The summed E-state index contributed by atoms with van der Waals surface area (Å²) in [5, 5.41) is 25.2. The molecule has 140 valence electrons. The zero-order valence-electron chi connectivity index (χ0n) is 15.6. The van der Waals surface area contributed by atoms with E-state index in [1.165, 1.54) is 9.31 Å². The number of hydrazine groups is 1. The Morgan fingerprint density at radius 1 is 1.07 bits per heavy atom. The van der Waals surface area contributed by atoms with Crippen LogP contribution in [0.1, 0.15) is 0 Å². The molecule has 1 aliphatic heterocycles. The van der Waals surface area contributed by atoms with Gasteiger partial charge in [-0.2, -0.15) is 4.31 Å². The molecular formula is C16H21N5NaO4S+. The molecule has 2 aromatic carbocycles. The second-order valence-electron chi connectivity index (χ2n) is 6.22. The van der Waals surface area contributed by atoms with E-state index in [1.807, 2.05) is 37.2 Å². The average Bonchev–Trinajstić information content (AvgIpc) is 2.66. The predicted molar refractivity (Wildman–Crippen MR) is 96.4 cm³/mol. The summed E-state index contributed by atoms with van der Waals surface area (Å²) in [5.41, 5.74) is 0.941. The van der Waals surface area contributed by atoms with E-state index in [4.69, 9.17) is 5.21 Å². The van der Waals surface area contributed by atoms with E-state index in [0.29, 0.717) is 5.39 Å². The molecule has 27 heavy (non-hydrogen) atoms. The van der Waals surface area contributed by atoms with Crippen LogP contribution >= 0.6 is 0 Å². The third-order valence-corrected chi connectivity index (χ3v) is 6.45. The summed E-state index contributed by atoms with van der Waals surface area (Å²) < 4.78 is 27.7. The summed E-state index contributed by atoms with van der Waals surface area (Å²) in [6, 6.07) is 10.8. The molecule has 1 heterocycles. The van der Waals surface area contributed by atoms with Crippen molar-refractivity contribution in [2.24, 2.45) is 5.28 Å². The Bertz CT molecular complexity index is 943. The summed E-state index contributed by atoms with van der Waals surface area (Å²) in [6.07, 6.45) is 0. The molecule has 9 nitrogen and oxygen atoms in total. The monoisotopic (exact) mass is 402 g/mol. The number of benzene rings is 2. The van der Waals surface area contributed by atoms with Crippen molar-refractivity contribution in [1.29, 1.82) is 0 Å². The first-order valence-electron chi connectivity index (χ1n) is 8.12. The van der Waals surface area contributed by atoms with Gasteiger partial charge in [0.2, 0.25) is 15.3 Å². The van der Waals surface area contributed by atoms with Gasteiger partial charge in [0.1, 0.15) is 0 Å². The number of hydrogen-bond acceptors (Lipinski definition) is 5. The molecule has 1 N–H and O–H groups in total. The quantitative estimate of drug-likeness (QED) is 0.289. The molecule has 0 bridgehead atoms. The first kappa shape index (κ1) is 21.7. The first-order chi connectivity index (χ1) is 12.4. The Labute approximate surface area is 180 Å². The fraction of sp³-hybridized carbons (Fsp3) is 0.375. The van der Waals surface area contributed by atoms with Crippen LogP contribution in [0.15, 0.2) is 46.6 Å². The van der Waals surface area contributed by atoms with Crippen LogP contribution in [0.25, 0.3) is 10.8 Å². The SMILES string of the molecule is CN(C)c1cccc2c(S(=O)(=O)N3CCN([N+]([O-])=NO)CC3)cccc12.[Na+]. The zero-order chi connectivity index (χ0) is 18.9. The molecule has 1 saturated heterocycles. The van der Waals surface area contributed by atoms with Gasteiger partial charge in [-0.1, -0.05) is 24.3 Å². The summed E-state index contributed by atoms with van der Waals surface area (Å²) in [6.45, 7) is 0.585. The number of sulfonamides is 1. The number of hydrogen-bond donors (Lipinski definition) is 1. The number of anilines is 1. The van der Waals surface area contributed by atoms with Crippen molar-refractivity contribution in [3.8, 4) is 0 Å². The maximum Gasteiger partial charge on any atom is 1.00 e. The van der Waals surface area contributed by atoms with Crippen LogP contribution in [0.5, 0.6) is 0 Å². The summed E-state index contributed by atoms with van der Waals surface area (Å²) in [7, 11) is 0.113. The molecule has 0 atom stereocenters. The van der Waals surface area contributed by atoms with E-state index in [2.05, 4.69) is 5.28 Å². The van der Waals surface area contributed by atoms with Gasteiger partial charge in [0.05, 0.1) is 23.0 Å². The Balaban J connectivity index is 0.00000261. The smallest absolute Gasteiger partial charge is 0.569 e. The van der Waals surface area contributed by atoms with Crippen molar-refractivity contribution in [3.63, 3.8) is 0 Å². The molecule has 3 rings (SSSR count). The minimum absolute atomic E-state index is 0. The predicted octanol–water partition coefficient (Wildman–Crippen LogP) is -1.52. The normalized spacial score (nSPS) is 16.2. The standard InChI is InChI=1S/C16H21N5O4S.Na/c1-18(2)15-7-3-6-14-13(15)5-4-8-16(14)26(24,25)20-11-9-19(10-12-20)21(23)17-22;/h3-8,22H,9-12H2,1-2H3;/q;+1. The van der Waals surface area contributed by atoms with Crippen molar-refractivity contribution >= 4 is 26.5 Å². The fourth-order valence-corrected chi connectivity index (χ4v) is 4.79. The van der Waals surface area contributed by atoms with Gasteiger partial charge in [-0.25, -0.2) is 8.42 Å². The Hall–Kier alpha value is -1.59. The zero-order valence-corrected chi connectivity index (χ0v) is 18.4. The second kappa shape index (κ2) is 8.61. The van der Waals surface area contributed by atoms with Gasteiger partial charge in [0, 0.05) is 43.6 Å². The topological polar surface area (TPSA) is 103 Å². The Morgan fingerprint density at radius 2 is 1.67 bits per heavy atom. The summed E-state index contributed by atoms with van der Waals surface area (Å²) in [5.74, 6) is 0. The van der Waals surface area contributed by atoms with Gasteiger partial charge < -0.3 is 15.3 Å². The maximum absolute atomic E-state index is 13.2. The number of rotatable bonds is 4. The van der Waals surface area contributed by atoms with Crippen LogP contribution in [-0.2, 0) is 10.0 Å². The fourth-order valence-electron chi connectivity index (χ4n) is 3.16. The van der Waals surface area contributed by atoms with E-state index >= 15 is 0 Å². The molecule has 0 spiro atoms. The third-order valence-electron chi connectivity index (χ3n) is 4.49. The van der Waals surface area contributed by atoms with Gasteiger partial charge in [-0.3, -0.25) is 0 Å². The second-order valence-corrected chi connectivity index (χ2v) is 8.13. The van der Waals surface area contributed by atoms with Crippen LogP contribution in [0, 0.1) is 5.21 Å². The summed E-state index contributed by atoms with van der Waals surface area (Å²) >= 11 is 0. The largest absolute Gasteiger partial charge is 1.00 e. The molecule has 0 aliphatic carbocycles. The van der Waals surface area contributed by atoms with Crippen LogP contribution in [0.3, 0.4) is 0 Å². The molecule has 1 fully saturated rings. The van der Waals surface area contributed by atoms with Crippen LogP contribution in [0.2, 0.25) is 0 Å². The van der Waals surface area contributed by atoms with Crippen molar-refractivity contribution in [2.45, 2.75) is 4.90 Å². The molecule has 2 aromatic rings. The van der Waals surface area contributed by atoms with Crippen LogP contribution < -0.4 is 34.5 Å². The molecule has 1 aliphatic rings. The van der Waals surface area contributed by atoms with Gasteiger partial charge in [-0.05, 0) is 12.1 Å². The molecule has 0 aromatic heterocycles. The minimum atomic E-state index is -3.71. The third kappa shape index (κ3) is 4.14.